The van der Waals surface area contributed by atoms with E-state index in [4.69, 9.17) is 0 Å². The second-order valence-corrected chi connectivity index (χ2v) is 7.12. The third-order valence-electron chi connectivity index (χ3n) is 2.69. The van der Waals surface area contributed by atoms with Gasteiger partial charge in [-0.05, 0) is 30.0 Å². The molecular formula is C12H22N2O2S2. The van der Waals surface area contributed by atoms with Crippen LogP contribution in [-0.4, -0.2) is 32.4 Å². The van der Waals surface area contributed by atoms with Crippen LogP contribution in [0, 0.1) is 0 Å². The summed E-state index contributed by atoms with van der Waals surface area (Å²) >= 11 is 1.30. The molecule has 1 aromatic rings. The number of hydrogen-bond acceptors (Lipinski definition) is 4. The van der Waals surface area contributed by atoms with Crippen molar-refractivity contribution in [2.45, 2.75) is 37.9 Å². The van der Waals surface area contributed by atoms with Gasteiger partial charge in [-0.2, -0.15) is 4.31 Å². The molecular weight excluding hydrogens is 268 g/mol. The van der Waals surface area contributed by atoms with Gasteiger partial charge in [0.1, 0.15) is 4.21 Å². The van der Waals surface area contributed by atoms with Crippen LogP contribution in [0.15, 0.2) is 15.7 Å². The normalized spacial score (nSPS) is 12.2. The molecule has 1 N–H and O–H groups in total. The fraction of sp³-hybridized carbons (Fsp3) is 0.667. The summed E-state index contributed by atoms with van der Waals surface area (Å²) in [5.41, 5.74) is 1.04. The van der Waals surface area contributed by atoms with Gasteiger partial charge in [-0.15, -0.1) is 11.3 Å². The van der Waals surface area contributed by atoms with E-state index in [1.165, 1.54) is 15.6 Å². The molecule has 0 fully saturated rings. The van der Waals surface area contributed by atoms with Gasteiger partial charge in [-0.25, -0.2) is 8.42 Å². The third-order valence-corrected chi connectivity index (χ3v) is 6.20. The van der Waals surface area contributed by atoms with Crippen LogP contribution in [0.2, 0.25) is 0 Å². The van der Waals surface area contributed by atoms with Crippen LogP contribution in [0.25, 0.3) is 0 Å². The van der Waals surface area contributed by atoms with Crippen LogP contribution in [-0.2, 0) is 16.6 Å². The molecule has 0 amide bonds. The molecule has 0 saturated carbocycles. The second kappa shape index (κ2) is 7.23. The molecule has 4 nitrogen and oxygen atoms in total. The minimum absolute atomic E-state index is 0.444. The summed E-state index contributed by atoms with van der Waals surface area (Å²) in [5.74, 6) is 0. The highest BCUT2D eigenvalue weighted by Crippen LogP contribution is 2.23. The molecule has 1 aromatic heterocycles. The molecule has 0 atom stereocenters. The maximum absolute atomic E-state index is 12.3. The largest absolute Gasteiger partial charge is 0.313 e. The summed E-state index contributed by atoms with van der Waals surface area (Å²) in [6.07, 6.45) is 1.08. The van der Waals surface area contributed by atoms with Crippen molar-refractivity contribution in [2.24, 2.45) is 0 Å². The van der Waals surface area contributed by atoms with Gasteiger partial charge in [-0.3, -0.25) is 0 Å². The van der Waals surface area contributed by atoms with Crippen LogP contribution >= 0.6 is 11.3 Å². The molecule has 1 rings (SSSR count). The first-order valence-corrected chi connectivity index (χ1v) is 8.66. The Kier molecular flexibility index (Phi) is 6.28. The lowest BCUT2D eigenvalue weighted by Gasteiger charge is -2.16. The maximum atomic E-state index is 12.3. The summed E-state index contributed by atoms with van der Waals surface area (Å²) < 4.78 is 26.4. The Morgan fingerprint density at radius 2 is 1.94 bits per heavy atom. The summed E-state index contributed by atoms with van der Waals surface area (Å²) in [6.45, 7) is 8.54. The maximum Gasteiger partial charge on any atom is 0.252 e. The van der Waals surface area contributed by atoms with Crippen LogP contribution < -0.4 is 5.32 Å². The lowest BCUT2D eigenvalue weighted by molar-refractivity contribution is 0.446. The van der Waals surface area contributed by atoms with Gasteiger partial charge in [0.2, 0.25) is 0 Å². The minimum atomic E-state index is -3.29. The highest BCUT2D eigenvalue weighted by atomic mass is 32.2. The van der Waals surface area contributed by atoms with E-state index in [1.54, 1.807) is 6.07 Å². The summed E-state index contributed by atoms with van der Waals surface area (Å²) in [7, 11) is -3.29. The van der Waals surface area contributed by atoms with E-state index in [2.05, 4.69) is 12.2 Å². The van der Waals surface area contributed by atoms with Gasteiger partial charge in [0.15, 0.2) is 0 Å². The number of hydrogen-bond donors (Lipinski definition) is 1. The van der Waals surface area contributed by atoms with Crippen LogP contribution in [0.5, 0.6) is 0 Å². The Labute approximate surface area is 114 Å². The van der Waals surface area contributed by atoms with E-state index in [0.717, 1.165) is 25.1 Å². The lowest BCUT2D eigenvalue weighted by Crippen LogP contribution is -2.30. The topological polar surface area (TPSA) is 49.4 Å². The van der Waals surface area contributed by atoms with Crippen LogP contribution in [0.3, 0.4) is 0 Å². The molecule has 0 aliphatic heterocycles. The van der Waals surface area contributed by atoms with Crippen molar-refractivity contribution in [1.29, 1.82) is 0 Å². The minimum Gasteiger partial charge on any atom is -0.313 e. The Hall–Kier alpha value is -0.430. The number of nitrogens with zero attached hydrogens (tertiary/aromatic N) is 1. The van der Waals surface area contributed by atoms with E-state index in [1.807, 2.05) is 19.2 Å². The molecule has 0 aliphatic carbocycles. The number of rotatable bonds is 8. The molecule has 1 heterocycles. The quantitative estimate of drug-likeness (QED) is 0.747. The average molecular weight is 290 g/mol. The van der Waals surface area contributed by atoms with Crippen LogP contribution in [0.4, 0.5) is 0 Å². The van der Waals surface area contributed by atoms with Crippen LogP contribution in [0.1, 0.15) is 32.8 Å². The molecule has 0 spiro atoms. The number of sulfonamides is 1. The smallest absolute Gasteiger partial charge is 0.252 e. The molecule has 0 aromatic carbocycles. The fourth-order valence-electron chi connectivity index (χ4n) is 1.68. The van der Waals surface area contributed by atoms with E-state index in [9.17, 15) is 8.42 Å². The predicted octanol–water partition coefficient (Wildman–Crippen LogP) is 2.28. The molecule has 18 heavy (non-hydrogen) atoms. The van der Waals surface area contributed by atoms with Gasteiger partial charge in [0.05, 0.1) is 0 Å². The summed E-state index contributed by atoms with van der Waals surface area (Å²) in [4.78, 5) is 0. The standard InChI is InChI=1S/C12H22N2O2S2/c1-4-7-13-9-11-8-12(17-10-11)18(15,16)14(5-2)6-3/h8,10,13H,4-7,9H2,1-3H3. The first kappa shape index (κ1) is 15.6. The number of thiophene rings is 1. The van der Waals surface area contributed by atoms with Gasteiger partial charge < -0.3 is 5.32 Å². The first-order chi connectivity index (χ1) is 8.56. The van der Waals surface area contributed by atoms with Gasteiger partial charge in [0, 0.05) is 19.6 Å². The Morgan fingerprint density at radius 1 is 1.28 bits per heavy atom. The molecule has 104 valence electrons. The summed E-state index contributed by atoms with van der Waals surface area (Å²) in [6, 6.07) is 1.78. The highest BCUT2D eigenvalue weighted by molar-refractivity contribution is 7.91. The molecule has 6 heteroatoms. The molecule has 0 bridgehead atoms. The summed E-state index contributed by atoms with van der Waals surface area (Å²) in [5, 5.41) is 5.19. The Balaban J connectivity index is 2.78. The predicted molar refractivity (Wildman–Crippen MR) is 76.4 cm³/mol. The van der Waals surface area contributed by atoms with E-state index >= 15 is 0 Å². The zero-order valence-electron chi connectivity index (χ0n) is 11.3. The Bertz CT molecular complexity index is 450. The molecule has 0 radical (unpaired) electrons. The van der Waals surface area contributed by atoms with Crippen molar-refractivity contribution in [2.75, 3.05) is 19.6 Å². The zero-order valence-corrected chi connectivity index (χ0v) is 12.9. The van der Waals surface area contributed by atoms with Crippen molar-refractivity contribution >= 4 is 21.4 Å². The van der Waals surface area contributed by atoms with Crippen molar-refractivity contribution in [3.63, 3.8) is 0 Å². The zero-order chi connectivity index (χ0) is 13.6. The number of nitrogens with one attached hydrogen (secondary N) is 1. The van der Waals surface area contributed by atoms with Gasteiger partial charge in [0.25, 0.3) is 10.0 Å². The fourth-order valence-corrected chi connectivity index (χ4v) is 4.50. The van der Waals surface area contributed by atoms with Crippen molar-refractivity contribution in [3.05, 3.63) is 17.0 Å². The van der Waals surface area contributed by atoms with Crippen molar-refractivity contribution < 1.29 is 8.42 Å². The van der Waals surface area contributed by atoms with Crippen molar-refractivity contribution in [1.82, 2.24) is 9.62 Å². The SMILES string of the molecule is CCCNCc1csc(S(=O)(=O)N(CC)CC)c1. The van der Waals surface area contributed by atoms with Crippen molar-refractivity contribution in [3.8, 4) is 0 Å². The Morgan fingerprint density at radius 3 is 2.50 bits per heavy atom. The van der Waals surface area contributed by atoms with E-state index < -0.39 is 10.0 Å². The second-order valence-electron chi connectivity index (χ2n) is 4.04. The third kappa shape index (κ3) is 3.78. The monoisotopic (exact) mass is 290 g/mol. The average Bonchev–Trinajstić information content (AvgIpc) is 2.80. The van der Waals surface area contributed by atoms with Gasteiger partial charge >= 0.3 is 0 Å². The first-order valence-electron chi connectivity index (χ1n) is 6.34. The van der Waals surface area contributed by atoms with E-state index in [-0.39, 0.29) is 0 Å². The molecule has 0 aliphatic rings. The van der Waals surface area contributed by atoms with E-state index in [0.29, 0.717) is 17.3 Å². The van der Waals surface area contributed by atoms with Gasteiger partial charge in [-0.1, -0.05) is 20.8 Å². The lowest BCUT2D eigenvalue weighted by atomic mass is 10.3. The molecule has 0 unspecified atom stereocenters. The molecule has 0 saturated heterocycles. The highest BCUT2D eigenvalue weighted by Gasteiger charge is 2.23.